The highest BCUT2D eigenvalue weighted by molar-refractivity contribution is 6.99. The summed E-state index contributed by atoms with van der Waals surface area (Å²) in [4.78, 5) is 11.9. The van der Waals surface area contributed by atoms with Crippen molar-refractivity contribution in [3.8, 4) is 0 Å². The van der Waals surface area contributed by atoms with E-state index in [-0.39, 0.29) is 28.9 Å². The second-order valence-electron chi connectivity index (χ2n) is 12.2. The topological polar surface area (TPSA) is 55.8 Å². The van der Waals surface area contributed by atoms with Gasteiger partial charge in [-0.3, -0.25) is 4.79 Å². The Balaban J connectivity index is 1.77. The van der Waals surface area contributed by atoms with Crippen LogP contribution in [0.25, 0.3) is 0 Å². The molecule has 4 nitrogen and oxygen atoms in total. The Morgan fingerprint density at radius 3 is 2.14 bits per heavy atom. The molecule has 0 radical (unpaired) electrons. The fraction of sp³-hybridized carbons (Fsp3) is 0.531. The van der Waals surface area contributed by atoms with Crippen molar-refractivity contribution in [2.75, 3.05) is 0 Å². The van der Waals surface area contributed by atoms with E-state index in [1.807, 2.05) is 0 Å². The quantitative estimate of drug-likeness (QED) is 0.187. The molecular weight excluding hydrogens is 476 g/mol. The van der Waals surface area contributed by atoms with Gasteiger partial charge in [0.2, 0.25) is 0 Å². The molecule has 2 aliphatic rings. The third-order valence-electron chi connectivity index (χ3n) is 8.33. The van der Waals surface area contributed by atoms with Gasteiger partial charge in [-0.1, -0.05) is 120 Å². The summed E-state index contributed by atoms with van der Waals surface area (Å²) >= 11 is 0. The summed E-state index contributed by atoms with van der Waals surface area (Å²) in [6.07, 6.45) is 8.85. The van der Waals surface area contributed by atoms with Crippen molar-refractivity contribution < 1.29 is 19.1 Å². The number of esters is 1. The molecule has 4 rings (SSSR count). The van der Waals surface area contributed by atoms with E-state index in [0.717, 1.165) is 25.7 Å². The Bertz CT molecular complexity index is 1020. The Kier molecular flexibility index (Phi) is 8.47. The van der Waals surface area contributed by atoms with Crippen LogP contribution in [0, 0.1) is 11.8 Å². The van der Waals surface area contributed by atoms with E-state index in [4.69, 9.17) is 9.16 Å². The maximum absolute atomic E-state index is 11.9. The molecule has 2 fully saturated rings. The second kappa shape index (κ2) is 11.3. The van der Waals surface area contributed by atoms with Crippen LogP contribution in [-0.4, -0.2) is 37.2 Å². The molecule has 1 aliphatic carbocycles. The first-order valence-electron chi connectivity index (χ1n) is 14.0. The number of unbranched alkanes of at least 4 members (excludes halogenated alkanes) is 2. The van der Waals surface area contributed by atoms with Gasteiger partial charge in [-0.2, -0.15) is 0 Å². The first-order valence-corrected chi connectivity index (χ1v) is 15.9. The number of aliphatic hydroxyl groups excluding tert-OH is 1. The maximum atomic E-state index is 11.9. The molecule has 1 saturated carbocycles. The molecule has 37 heavy (non-hydrogen) atoms. The molecule has 200 valence electrons. The summed E-state index contributed by atoms with van der Waals surface area (Å²) in [7, 11) is -2.77. The molecule has 2 aromatic rings. The SMILES string of the molecule is CCCCCC(C)(C=C[C@@H]1[C@H]2CC(=O)O[C@H]2C[C@H]1O)O[Si](c1ccccc1)(c1ccccc1)C(C)(C)C. The van der Waals surface area contributed by atoms with Gasteiger partial charge in [-0.15, -0.1) is 0 Å². The molecule has 1 unspecified atom stereocenters. The summed E-state index contributed by atoms with van der Waals surface area (Å²) in [6.45, 7) is 11.4. The average Bonchev–Trinajstić information content (AvgIpc) is 3.36. The van der Waals surface area contributed by atoms with Crippen LogP contribution in [0.5, 0.6) is 0 Å². The third kappa shape index (κ3) is 5.79. The maximum Gasteiger partial charge on any atom is 0.306 e. The van der Waals surface area contributed by atoms with Crippen LogP contribution in [0.4, 0.5) is 0 Å². The number of hydrogen-bond acceptors (Lipinski definition) is 4. The molecule has 5 heteroatoms. The molecule has 1 N–H and O–H groups in total. The van der Waals surface area contributed by atoms with E-state index in [9.17, 15) is 9.90 Å². The van der Waals surface area contributed by atoms with Crippen LogP contribution < -0.4 is 10.4 Å². The molecule has 1 aliphatic heterocycles. The molecule has 0 aromatic heterocycles. The number of ether oxygens (including phenoxy) is 1. The minimum Gasteiger partial charge on any atom is -0.462 e. The second-order valence-corrected chi connectivity index (χ2v) is 16.4. The van der Waals surface area contributed by atoms with E-state index in [0.29, 0.717) is 12.8 Å². The van der Waals surface area contributed by atoms with Crippen LogP contribution >= 0.6 is 0 Å². The largest absolute Gasteiger partial charge is 0.462 e. The monoisotopic (exact) mass is 520 g/mol. The first-order chi connectivity index (χ1) is 17.6. The van der Waals surface area contributed by atoms with E-state index in [2.05, 4.69) is 107 Å². The van der Waals surface area contributed by atoms with Crippen molar-refractivity contribution in [2.24, 2.45) is 11.8 Å². The van der Waals surface area contributed by atoms with Gasteiger partial charge in [-0.25, -0.2) is 0 Å². The Labute approximate surface area is 224 Å². The van der Waals surface area contributed by atoms with Crippen LogP contribution in [-0.2, 0) is 14.0 Å². The van der Waals surface area contributed by atoms with E-state index >= 15 is 0 Å². The van der Waals surface area contributed by atoms with Crippen molar-refractivity contribution in [3.05, 3.63) is 72.8 Å². The lowest BCUT2D eigenvalue weighted by atomic mass is 9.89. The van der Waals surface area contributed by atoms with Crippen molar-refractivity contribution in [1.29, 1.82) is 0 Å². The lowest BCUT2D eigenvalue weighted by Crippen LogP contribution is -2.69. The molecule has 1 heterocycles. The number of carbonyl (C=O) groups is 1. The molecule has 1 saturated heterocycles. The molecule has 0 amide bonds. The van der Waals surface area contributed by atoms with Gasteiger partial charge < -0.3 is 14.3 Å². The van der Waals surface area contributed by atoms with E-state index < -0.39 is 20.0 Å². The van der Waals surface area contributed by atoms with Crippen LogP contribution in [0.2, 0.25) is 5.04 Å². The molecule has 0 spiro atoms. The summed E-state index contributed by atoms with van der Waals surface area (Å²) in [5, 5.41) is 13.2. The summed E-state index contributed by atoms with van der Waals surface area (Å²) in [6, 6.07) is 21.5. The zero-order valence-electron chi connectivity index (χ0n) is 23.2. The zero-order chi connectivity index (χ0) is 26.7. The Morgan fingerprint density at radius 2 is 1.59 bits per heavy atom. The first kappa shape index (κ1) is 27.8. The average molecular weight is 521 g/mol. The highest BCUT2D eigenvalue weighted by Gasteiger charge is 2.53. The number of benzene rings is 2. The van der Waals surface area contributed by atoms with Gasteiger partial charge in [0.15, 0.2) is 0 Å². The fourth-order valence-corrected chi connectivity index (χ4v) is 11.2. The highest BCUT2D eigenvalue weighted by Crippen LogP contribution is 2.44. The van der Waals surface area contributed by atoms with Gasteiger partial charge >= 0.3 is 5.97 Å². The summed E-state index contributed by atoms with van der Waals surface area (Å²) in [5.74, 6) is -0.189. The molecule has 2 aromatic carbocycles. The Morgan fingerprint density at radius 1 is 1.00 bits per heavy atom. The molecule has 0 bridgehead atoms. The normalized spacial score (nSPS) is 25.7. The number of carbonyl (C=O) groups excluding carboxylic acids is 1. The van der Waals surface area contributed by atoms with Crippen molar-refractivity contribution in [2.45, 2.75) is 96.0 Å². The number of rotatable bonds is 10. The van der Waals surface area contributed by atoms with E-state index in [1.165, 1.54) is 10.4 Å². The van der Waals surface area contributed by atoms with E-state index in [1.54, 1.807) is 0 Å². The fourth-order valence-electron chi connectivity index (χ4n) is 6.39. The summed E-state index contributed by atoms with van der Waals surface area (Å²) < 4.78 is 13.1. The van der Waals surface area contributed by atoms with Crippen LogP contribution in [0.3, 0.4) is 0 Å². The van der Waals surface area contributed by atoms with Crippen molar-refractivity contribution in [3.63, 3.8) is 0 Å². The molecule has 5 atom stereocenters. The van der Waals surface area contributed by atoms with Gasteiger partial charge in [0.25, 0.3) is 8.32 Å². The van der Waals surface area contributed by atoms with Crippen molar-refractivity contribution >= 4 is 24.7 Å². The van der Waals surface area contributed by atoms with Gasteiger partial charge in [0.05, 0.1) is 18.1 Å². The Hall–Kier alpha value is -2.21. The minimum atomic E-state index is -2.77. The third-order valence-corrected chi connectivity index (χ3v) is 13.5. The lowest BCUT2D eigenvalue weighted by molar-refractivity contribution is -0.141. The zero-order valence-corrected chi connectivity index (χ0v) is 24.2. The smallest absolute Gasteiger partial charge is 0.306 e. The van der Waals surface area contributed by atoms with Crippen molar-refractivity contribution in [1.82, 2.24) is 0 Å². The van der Waals surface area contributed by atoms with Crippen LogP contribution in [0.15, 0.2) is 72.8 Å². The number of fused-ring (bicyclic) bond motifs is 1. The summed E-state index contributed by atoms with van der Waals surface area (Å²) in [5.41, 5.74) is -0.526. The standard InChI is InChI=1S/C32H44O4Si/c1-6-7-14-20-32(5,21-19-26-27-22-30(34)35-29(27)23-28(26)33)36-37(31(2,3)4,24-15-10-8-11-16-24)25-17-12-9-13-18-25/h8-13,15-19,21,26-29,33H,6-7,14,20,22-23H2,1-5H3/t26-,27-,28-,29+,32?/m1/s1. The molecular formula is C32H44O4Si. The van der Waals surface area contributed by atoms with Gasteiger partial charge in [0, 0.05) is 18.3 Å². The lowest BCUT2D eigenvalue weighted by Gasteiger charge is -2.48. The number of hydrogen-bond donors (Lipinski definition) is 1. The van der Waals surface area contributed by atoms with Crippen LogP contribution in [0.1, 0.15) is 73.1 Å². The highest BCUT2D eigenvalue weighted by atomic mass is 28.4. The predicted octanol–water partition coefficient (Wildman–Crippen LogP) is 5.77. The minimum absolute atomic E-state index is 0.0477. The van der Waals surface area contributed by atoms with Gasteiger partial charge in [-0.05, 0) is 28.8 Å². The predicted molar refractivity (Wildman–Crippen MR) is 152 cm³/mol. The number of aliphatic hydroxyl groups is 1. The van der Waals surface area contributed by atoms with Gasteiger partial charge in [0.1, 0.15) is 6.10 Å².